The van der Waals surface area contributed by atoms with E-state index in [0.29, 0.717) is 6.54 Å². The summed E-state index contributed by atoms with van der Waals surface area (Å²) in [6, 6.07) is 10.4. The Morgan fingerprint density at radius 1 is 1.19 bits per heavy atom. The number of pyridine rings is 2. The van der Waals surface area contributed by atoms with Crippen molar-refractivity contribution in [3.63, 3.8) is 0 Å². The lowest BCUT2D eigenvalue weighted by Gasteiger charge is -2.31. The first-order chi connectivity index (χ1) is 12.7. The van der Waals surface area contributed by atoms with Gasteiger partial charge in [0.15, 0.2) is 0 Å². The van der Waals surface area contributed by atoms with Crippen molar-refractivity contribution in [1.82, 2.24) is 25.1 Å². The predicted molar refractivity (Wildman–Crippen MR) is 102 cm³/mol. The van der Waals surface area contributed by atoms with E-state index in [1.54, 1.807) is 6.20 Å². The molecular weight excluding hydrogens is 346 g/mol. The molecule has 2 atom stereocenters. The van der Waals surface area contributed by atoms with Crippen LogP contribution in [0.5, 0.6) is 0 Å². The monoisotopic (exact) mass is 367 g/mol. The van der Waals surface area contributed by atoms with Gasteiger partial charge in [-0.3, -0.25) is 14.6 Å². The largest absolute Gasteiger partial charge is 0.300 e. The Bertz CT molecular complexity index is 891. The zero-order valence-electron chi connectivity index (χ0n) is 14.8. The highest BCUT2D eigenvalue weighted by molar-refractivity contribution is 6.31. The van der Waals surface area contributed by atoms with Crippen LogP contribution in [0, 0.1) is 6.92 Å². The van der Waals surface area contributed by atoms with E-state index in [4.69, 9.17) is 16.6 Å². The number of hydrogen-bond donors (Lipinski definition) is 1. The molecule has 5 nitrogen and oxygen atoms in total. The Morgan fingerprint density at radius 2 is 2.08 bits per heavy atom. The fourth-order valence-corrected chi connectivity index (χ4v) is 3.79. The summed E-state index contributed by atoms with van der Waals surface area (Å²) < 4.78 is 1.92. The molecule has 0 saturated carbocycles. The van der Waals surface area contributed by atoms with E-state index >= 15 is 0 Å². The van der Waals surface area contributed by atoms with E-state index in [0.717, 1.165) is 46.9 Å². The van der Waals surface area contributed by atoms with Crippen molar-refractivity contribution in [1.29, 1.82) is 0 Å². The summed E-state index contributed by atoms with van der Waals surface area (Å²) >= 11 is 6.34. The standard InChI is InChI=1S/C20H22ClN5/c1-14-11-23-26(12-14)13-15-5-2-7-17(24-15)18-8-3-9-19(25-18)20-16(21)6-4-10-22-20/h2,4-7,10-12,18-19,25H,3,8-9,13H2,1H3/t18-,19+/m1/s1. The lowest BCUT2D eigenvalue weighted by molar-refractivity contribution is 0.321. The molecule has 0 spiro atoms. The van der Waals surface area contributed by atoms with Gasteiger partial charge in [0.25, 0.3) is 0 Å². The van der Waals surface area contributed by atoms with Crippen molar-refractivity contribution in [3.8, 4) is 0 Å². The lowest BCUT2D eigenvalue weighted by atomic mass is 9.94. The molecule has 1 saturated heterocycles. The Hall–Kier alpha value is -2.24. The number of piperidine rings is 1. The summed E-state index contributed by atoms with van der Waals surface area (Å²) in [5, 5.41) is 8.77. The molecule has 134 valence electrons. The molecule has 6 heteroatoms. The summed E-state index contributed by atoms with van der Waals surface area (Å²) in [7, 11) is 0. The fraction of sp³-hybridized carbons (Fsp3) is 0.350. The summed E-state index contributed by atoms with van der Waals surface area (Å²) in [5.41, 5.74) is 4.18. The molecule has 0 unspecified atom stereocenters. The number of hydrogen-bond acceptors (Lipinski definition) is 4. The number of aryl methyl sites for hydroxylation is 1. The Labute approximate surface area is 158 Å². The van der Waals surface area contributed by atoms with E-state index in [1.807, 2.05) is 36.1 Å². The van der Waals surface area contributed by atoms with Gasteiger partial charge >= 0.3 is 0 Å². The van der Waals surface area contributed by atoms with E-state index in [-0.39, 0.29) is 12.1 Å². The van der Waals surface area contributed by atoms with Crippen molar-refractivity contribution >= 4 is 11.6 Å². The molecule has 1 aliphatic rings. The quantitative estimate of drug-likeness (QED) is 0.749. The summed E-state index contributed by atoms with van der Waals surface area (Å²) in [4.78, 5) is 9.35. The van der Waals surface area contributed by atoms with E-state index < -0.39 is 0 Å². The van der Waals surface area contributed by atoms with Gasteiger partial charge in [0, 0.05) is 12.4 Å². The van der Waals surface area contributed by atoms with Crippen LogP contribution in [-0.4, -0.2) is 19.7 Å². The second-order valence-corrected chi connectivity index (χ2v) is 7.25. The number of rotatable bonds is 4. The first-order valence-corrected chi connectivity index (χ1v) is 9.38. The first-order valence-electron chi connectivity index (χ1n) is 9.00. The van der Waals surface area contributed by atoms with Gasteiger partial charge in [-0.05, 0) is 56.0 Å². The van der Waals surface area contributed by atoms with E-state index in [2.05, 4.69) is 33.6 Å². The molecule has 0 aromatic carbocycles. The first kappa shape index (κ1) is 17.2. The topological polar surface area (TPSA) is 55.6 Å². The summed E-state index contributed by atoms with van der Waals surface area (Å²) in [5.74, 6) is 0. The molecule has 1 fully saturated rings. The van der Waals surface area contributed by atoms with E-state index in [1.165, 1.54) is 0 Å². The van der Waals surface area contributed by atoms with Crippen LogP contribution >= 0.6 is 11.6 Å². The van der Waals surface area contributed by atoms with Gasteiger partial charge < -0.3 is 5.32 Å². The Kier molecular flexibility index (Phi) is 5.00. The van der Waals surface area contributed by atoms with Crippen LogP contribution in [0.1, 0.15) is 54.0 Å². The average Bonchev–Trinajstić information content (AvgIpc) is 3.07. The van der Waals surface area contributed by atoms with Crippen LogP contribution in [-0.2, 0) is 6.54 Å². The minimum atomic E-state index is 0.168. The van der Waals surface area contributed by atoms with E-state index in [9.17, 15) is 0 Å². The Balaban J connectivity index is 1.52. The van der Waals surface area contributed by atoms with Gasteiger partial charge in [-0.25, -0.2) is 0 Å². The lowest BCUT2D eigenvalue weighted by Crippen LogP contribution is -2.32. The minimum Gasteiger partial charge on any atom is -0.300 e. The second-order valence-electron chi connectivity index (χ2n) is 6.84. The van der Waals surface area contributed by atoms with Crippen molar-refractivity contribution in [2.24, 2.45) is 0 Å². The van der Waals surface area contributed by atoms with Gasteiger partial charge in [-0.15, -0.1) is 0 Å². The zero-order chi connectivity index (χ0) is 17.9. The molecule has 1 N–H and O–H groups in total. The van der Waals surface area contributed by atoms with Gasteiger partial charge in [0.05, 0.1) is 46.9 Å². The Morgan fingerprint density at radius 3 is 2.88 bits per heavy atom. The third kappa shape index (κ3) is 3.79. The molecule has 0 radical (unpaired) electrons. The van der Waals surface area contributed by atoms with Crippen LogP contribution in [0.2, 0.25) is 5.02 Å². The summed E-state index contributed by atoms with van der Waals surface area (Å²) in [6.45, 7) is 2.73. The highest BCUT2D eigenvalue weighted by Gasteiger charge is 2.26. The number of aromatic nitrogens is 4. The maximum atomic E-state index is 6.34. The molecule has 26 heavy (non-hydrogen) atoms. The van der Waals surface area contributed by atoms with Crippen molar-refractivity contribution in [3.05, 3.63) is 76.6 Å². The molecule has 0 aliphatic carbocycles. The maximum absolute atomic E-state index is 6.34. The molecule has 0 amide bonds. The molecule has 0 bridgehead atoms. The number of nitrogens with zero attached hydrogens (tertiary/aromatic N) is 4. The van der Waals surface area contributed by atoms with Crippen LogP contribution in [0.15, 0.2) is 48.9 Å². The van der Waals surface area contributed by atoms with Crippen LogP contribution in [0.25, 0.3) is 0 Å². The predicted octanol–water partition coefficient (Wildman–Crippen LogP) is 4.24. The van der Waals surface area contributed by atoms with Crippen molar-refractivity contribution < 1.29 is 0 Å². The molecule has 3 aromatic heterocycles. The fourth-order valence-electron chi connectivity index (χ4n) is 3.54. The smallest absolute Gasteiger partial charge is 0.0831 e. The van der Waals surface area contributed by atoms with Gasteiger partial charge in [-0.1, -0.05) is 17.7 Å². The average molecular weight is 368 g/mol. The third-order valence-electron chi connectivity index (χ3n) is 4.78. The van der Waals surface area contributed by atoms with Crippen LogP contribution < -0.4 is 5.32 Å². The SMILES string of the molecule is Cc1cnn(Cc2cccc([C@H]3CCC[C@@H](c4ncccc4Cl)N3)n2)c1. The molecule has 4 rings (SSSR count). The van der Waals surface area contributed by atoms with Crippen molar-refractivity contribution in [2.75, 3.05) is 0 Å². The maximum Gasteiger partial charge on any atom is 0.0831 e. The van der Waals surface area contributed by atoms with Crippen LogP contribution in [0.4, 0.5) is 0 Å². The molecular formula is C20H22ClN5. The van der Waals surface area contributed by atoms with Gasteiger partial charge in [-0.2, -0.15) is 5.10 Å². The zero-order valence-corrected chi connectivity index (χ0v) is 15.5. The van der Waals surface area contributed by atoms with Gasteiger partial charge in [0.1, 0.15) is 0 Å². The highest BCUT2D eigenvalue weighted by atomic mass is 35.5. The molecule has 1 aliphatic heterocycles. The molecule has 3 aromatic rings. The minimum absolute atomic E-state index is 0.168. The third-order valence-corrected chi connectivity index (χ3v) is 5.10. The normalized spacial score (nSPS) is 20.2. The van der Waals surface area contributed by atoms with Gasteiger partial charge in [0.2, 0.25) is 0 Å². The van der Waals surface area contributed by atoms with Crippen LogP contribution in [0.3, 0.4) is 0 Å². The summed E-state index contributed by atoms with van der Waals surface area (Å²) in [6.07, 6.45) is 8.94. The highest BCUT2D eigenvalue weighted by Crippen LogP contribution is 2.33. The molecule has 4 heterocycles. The van der Waals surface area contributed by atoms with Crippen molar-refractivity contribution in [2.45, 2.75) is 44.8 Å². The number of nitrogens with one attached hydrogen (secondary N) is 1. The second kappa shape index (κ2) is 7.56. The number of halogens is 1.